The van der Waals surface area contributed by atoms with Crippen LogP contribution in [0.1, 0.15) is 43.7 Å². The van der Waals surface area contributed by atoms with Gasteiger partial charge in [-0.3, -0.25) is 4.79 Å². The van der Waals surface area contributed by atoms with Crippen molar-refractivity contribution in [1.82, 2.24) is 4.90 Å². The highest BCUT2D eigenvalue weighted by molar-refractivity contribution is 6.30. The quantitative estimate of drug-likeness (QED) is 0.792. The van der Waals surface area contributed by atoms with Gasteiger partial charge in [0.2, 0.25) is 5.91 Å². The molecule has 0 aromatic heterocycles. The summed E-state index contributed by atoms with van der Waals surface area (Å²) in [4.78, 5) is 14.4. The second kappa shape index (κ2) is 8.90. The molecule has 0 atom stereocenters. The Morgan fingerprint density at radius 3 is 2.44 bits per heavy atom. The van der Waals surface area contributed by atoms with Gasteiger partial charge in [0.1, 0.15) is 0 Å². The van der Waals surface area contributed by atoms with Crippen LogP contribution in [0.2, 0.25) is 5.02 Å². The van der Waals surface area contributed by atoms with Crippen LogP contribution in [0.25, 0.3) is 0 Å². The first kappa shape index (κ1) is 19.9. The Morgan fingerprint density at radius 1 is 1.15 bits per heavy atom. The second-order valence-electron chi connectivity index (χ2n) is 7.67. The fourth-order valence-electron chi connectivity index (χ4n) is 4.39. The molecule has 27 heavy (non-hydrogen) atoms. The summed E-state index contributed by atoms with van der Waals surface area (Å²) in [5, 5.41) is 0.760. The van der Waals surface area contributed by atoms with Crippen molar-refractivity contribution in [2.45, 2.75) is 50.5 Å². The molecule has 1 aliphatic rings. The van der Waals surface area contributed by atoms with E-state index < -0.39 is 0 Å². The molecule has 1 fully saturated rings. The minimum Gasteiger partial charge on any atom is -0.340 e. The minimum absolute atomic E-state index is 0.0245. The molecule has 3 nitrogen and oxygen atoms in total. The third kappa shape index (κ3) is 4.72. The van der Waals surface area contributed by atoms with Crippen molar-refractivity contribution in [3.05, 3.63) is 70.7 Å². The Labute approximate surface area is 167 Å². The highest BCUT2D eigenvalue weighted by atomic mass is 35.5. The molecular weight excluding hydrogens is 356 g/mol. The van der Waals surface area contributed by atoms with Gasteiger partial charge < -0.3 is 10.6 Å². The Kier molecular flexibility index (Phi) is 6.56. The van der Waals surface area contributed by atoms with Gasteiger partial charge in [-0.1, -0.05) is 54.1 Å². The number of hydrogen-bond acceptors (Lipinski definition) is 2. The van der Waals surface area contributed by atoms with E-state index >= 15 is 0 Å². The fourth-order valence-corrected chi connectivity index (χ4v) is 4.58. The summed E-state index contributed by atoms with van der Waals surface area (Å²) in [6.07, 6.45) is 4.84. The minimum atomic E-state index is -0.0245. The monoisotopic (exact) mass is 384 g/mol. The summed E-state index contributed by atoms with van der Waals surface area (Å²) in [5.74, 6) is 0.166. The van der Waals surface area contributed by atoms with Gasteiger partial charge in [0, 0.05) is 36.5 Å². The van der Waals surface area contributed by atoms with Crippen LogP contribution in [0.3, 0.4) is 0 Å². The van der Waals surface area contributed by atoms with E-state index in [1.165, 1.54) is 11.1 Å². The van der Waals surface area contributed by atoms with Crippen molar-refractivity contribution in [2.75, 3.05) is 13.1 Å². The third-order valence-corrected chi connectivity index (χ3v) is 6.30. The predicted molar refractivity (Wildman–Crippen MR) is 112 cm³/mol. The molecule has 0 bridgehead atoms. The maximum absolute atomic E-state index is 12.3. The molecule has 1 amide bonds. The lowest BCUT2D eigenvalue weighted by Crippen LogP contribution is -2.47. The first-order chi connectivity index (χ1) is 13.0. The van der Waals surface area contributed by atoms with Crippen LogP contribution in [0.15, 0.2) is 54.6 Å². The average Bonchev–Trinajstić information content (AvgIpc) is 2.69. The van der Waals surface area contributed by atoms with Crippen LogP contribution in [-0.4, -0.2) is 29.9 Å². The number of benzene rings is 2. The molecule has 0 radical (unpaired) electrons. The van der Waals surface area contributed by atoms with Gasteiger partial charge in [-0.2, -0.15) is 0 Å². The molecule has 2 aromatic carbocycles. The van der Waals surface area contributed by atoms with E-state index in [0.29, 0.717) is 12.6 Å². The molecule has 0 saturated heterocycles. The van der Waals surface area contributed by atoms with Crippen LogP contribution >= 0.6 is 11.6 Å². The molecule has 0 heterocycles. The SMILES string of the molecule is CC(=O)N(CCc1ccccc1)[C@H]1CC[C@@](CN)(c2cccc(Cl)c2)CC1. The topological polar surface area (TPSA) is 46.3 Å². The molecule has 3 rings (SSSR count). The van der Waals surface area contributed by atoms with Crippen molar-refractivity contribution in [3.63, 3.8) is 0 Å². The van der Waals surface area contributed by atoms with Crippen molar-refractivity contribution in [2.24, 2.45) is 5.73 Å². The number of halogens is 1. The maximum atomic E-state index is 12.3. The van der Waals surface area contributed by atoms with Crippen LogP contribution in [0.4, 0.5) is 0 Å². The van der Waals surface area contributed by atoms with Crippen LogP contribution in [0.5, 0.6) is 0 Å². The summed E-state index contributed by atoms with van der Waals surface area (Å²) in [7, 11) is 0. The Bertz CT molecular complexity index is 754. The highest BCUT2D eigenvalue weighted by Gasteiger charge is 2.38. The summed E-state index contributed by atoms with van der Waals surface area (Å²) >= 11 is 6.21. The van der Waals surface area contributed by atoms with Crippen molar-refractivity contribution in [1.29, 1.82) is 0 Å². The molecule has 0 unspecified atom stereocenters. The average molecular weight is 385 g/mol. The van der Waals surface area contributed by atoms with Gasteiger partial charge in [0.15, 0.2) is 0 Å². The number of nitrogens with zero attached hydrogens (tertiary/aromatic N) is 1. The predicted octanol–water partition coefficient (Wildman–Crippen LogP) is 4.57. The van der Waals surface area contributed by atoms with E-state index in [2.05, 4.69) is 35.2 Å². The number of carbonyl (C=O) groups is 1. The summed E-state index contributed by atoms with van der Waals surface area (Å²) in [5.41, 5.74) is 8.69. The first-order valence-electron chi connectivity index (χ1n) is 9.81. The molecular formula is C23H29ClN2O. The van der Waals surface area contributed by atoms with E-state index in [9.17, 15) is 4.79 Å². The van der Waals surface area contributed by atoms with E-state index in [-0.39, 0.29) is 11.3 Å². The summed E-state index contributed by atoms with van der Waals surface area (Å²) in [6.45, 7) is 3.08. The van der Waals surface area contributed by atoms with Crippen molar-refractivity contribution >= 4 is 17.5 Å². The van der Waals surface area contributed by atoms with Crippen LogP contribution < -0.4 is 5.73 Å². The number of hydrogen-bond donors (Lipinski definition) is 1. The third-order valence-electron chi connectivity index (χ3n) is 6.07. The molecule has 0 aliphatic heterocycles. The Balaban J connectivity index is 1.67. The number of carbonyl (C=O) groups excluding carboxylic acids is 1. The zero-order valence-corrected chi connectivity index (χ0v) is 16.8. The Morgan fingerprint density at radius 2 is 1.85 bits per heavy atom. The molecule has 2 N–H and O–H groups in total. The lowest BCUT2D eigenvalue weighted by Gasteiger charge is -2.43. The van der Waals surface area contributed by atoms with Gasteiger partial charge in [-0.05, 0) is 55.4 Å². The van der Waals surface area contributed by atoms with Gasteiger partial charge in [0.05, 0.1) is 0 Å². The van der Waals surface area contributed by atoms with Gasteiger partial charge >= 0.3 is 0 Å². The number of rotatable bonds is 6. The molecule has 1 saturated carbocycles. The van der Waals surface area contributed by atoms with Crippen molar-refractivity contribution in [3.8, 4) is 0 Å². The van der Waals surface area contributed by atoms with Gasteiger partial charge in [-0.25, -0.2) is 0 Å². The lowest BCUT2D eigenvalue weighted by atomic mass is 9.68. The molecule has 0 spiro atoms. The maximum Gasteiger partial charge on any atom is 0.219 e. The van der Waals surface area contributed by atoms with E-state index in [0.717, 1.165) is 43.7 Å². The molecule has 2 aromatic rings. The van der Waals surface area contributed by atoms with Crippen LogP contribution in [0, 0.1) is 0 Å². The molecule has 144 valence electrons. The summed E-state index contributed by atoms with van der Waals surface area (Å²) < 4.78 is 0. The molecule has 1 aliphatic carbocycles. The smallest absolute Gasteiger partial charge is 0.219 e. The normalized spacial score (nSPS) is 22.4. The van der Waals surface area contributed by atoms with Crippen molar-refractivity contribution < 1.29 is 4.79 Å². The number of amides is 1. The zero-order valence-electron chi connectivity index (χ0n) is 16.0. The first-order valence-corrected chi connectivity index (χ1v) is 10.2. The fraction of sp³-hybridized carbons (Fsp3) is 0.435. The highest BCUT2D eigenvalue weighted by Crippen LogP contribution is 2.40. The largest absolute Gasteiger partial charge is 0.340 e. The van der Waals surface area contributed by atoms with Crippen LogP contribution in [-0.2, 0) is 16.6 Å². The molecule has 4 heteroatoms. The lowest BCUT2D eigenvalue weighted by molar-refractivity contribution is -0.132. The van der Waals surface area contributed by atoms with Gasteiger partial charge in [-0.15, -0.1) is 0 Å². The standard InChI is InChI=1S/C23H29ClN2O/c1-18(27)26(15-12-19-6-3-2-4-7-19)22-10-13-23(17-25,14-11-22)20-8-5-9-21(24)16-20/h2-9,16,22H,10-15,17,25H2,1H3/t22-,23+. The van der Waals surface area contributed by atoms with E-state index in [1.807, 2.05) is 24.3 Å². The second-order valence-corrected chi connectivity index (χ2v) is 8.11. The zero-order chi connectivity index (χ0) is 19.3. The van der Waals surface area contributed by atoms with Gasteiger partial charge in [0.25, 0.3) is 0 Å². The van der Waals surface area contributed by atoms with E-state index in [4.69, 9.17) is 17.3 Å². The number of nitrogens with two attached hydrogens (primary N) is 1. The van der Waals surface area contributed by atoms with E-state index in [1.54, 1.807) is 6.92 Å². The Hall–Kier alpha value is -1.84. The summed E-state index contributed by atoms with van der Waals surface area (Å²) in [6, 6.07) is 18.8.